The van der Waals surface area contributed by atoms with Crippen molar-refractivity contribution in [1.29, 1.82) is 0 Å². The number of fused-ring (bicyclic) bond motifs is 1. The number of rotatable bonds is 5. The highest BCUT2D eigenvalue weighted by atomic mass is 19.1. The van der Waals surface area contributed by atoms with Crippen LogP contribution in [0.1, 0.15) is 33.5 Å². The molecule has 0 radical (unpaired) electrons. The molecular weight excluding hydrogens is 375 g/mol. The van der Waals surface area contributed by atoms with Gasteiger partial charge in [0.15, 0.2) is 5.65 Å². The van der Waals surface area contributed by atoms with Crippen LogP contribution in [0.15, 0.2) is 53.5 Å². The number of hydrogen-bond donors (Lipinski definition) is 2. The van der Waals surface area contributed by atoms with Gasteiger partial charge in [0.25, 0.3) is 11.5 Å². The molecule has 29 heavy (non-hydrogen) atoms. The first-order chi connectivity index (χ1) is 13.9. The summed E-state index contributed by atoms with van der Waals surface area (Å²) in [5.74, 6) is -0.737. The first-order valence-electron chi connectivity index (χ1n) is 9.03. The van der Waals surface area contributed by atoms with Gasteiger partial charge < -0.3 is 5.32 Å². The second-order valence-corrected chi connectivity index (χ2v) is 6.87. The van der Waals surface area contributed by atoms with Crippen molar-refractivity contribution in [3.63, 3.8) is 0 Å². The van der Waals surface area contributed by atoms with Gasteiger partial charge in [0.1, 0.15) is 11.5 Å². The van der Waals surface area contributed by atoms with E-state index in [0.717, 1.165) is 5.69 Å². The minimum atomic E-state index is -0.514. The summed E-state index contributed by atoms with van der Waals surface area (Å²) in [7, 11) is 1.72. The molecule has 0 fully saturated rings. The van der Waals surface area contributed by atoms with E-state index in [1.165, 1.54) is 27.4 Å². The second-order valence-electron chi connectivity index (χ2n) is 6.87. The van der Waals surface area contributed by atoms with E-state index in [1.54, 1.807) is 37.5 Å². The van der Waals surface area contributed by atoms with Gasteiger partial charge >= 0.3 is 0 Å². The lowest BCUT2D eigenvalue weighted by Crippen LogP contribution is -2.31. The third-order valence-electron chi connectivity index (χ3n) is 4.57. The molecule has 0 bridgehead atoms. The number of hydrogen-bond acceptors (Lipinski definition) is 4. The van der Waals surface area contributed by atoms with Crippen LogP contribution >= 0.6 is 0 Å². The Morgan fingerprint density at radius 3 is 2.69 bits per heavy atom. The molecule has 3 aromatic heterocycles. The van der Waals surface area contributed by atoms with Gasteiger partial charge in [-0.25, -0.2) is 13.9 Å². The molecule has 8 nitrogen and oxygen atoms in total. The van der Waals surface area contributed by atoms with E-state index in [1.807, 2.05) is 6.92 Å². The maximum atomic E-state index is 13.4. The van der Waals surface area contributed by atoms with Crippen molar-refractivity contribution in [2.24, 2.45) is 7.05 Å². The Morgan fingerprint density at radius 1 is 1.24 bits per heavy atom. The van der Waals surface area contributed by atoms with Gasteiger partial charge in [-0.1, -0.05) is 12.1 Å². The predicted molar refractivity (Wildman–Crippen MR) is 104 cm³/mol. The number of nitrogens with one attached hydrogen (secondary N) is 2. The van der Waals surface area contributed by atoms with E-state index >= 15 is 0 Å². The van der Waals surface area contributed by atoms with Gasteiger partial charge in [-0.3, -0.25) is 19.4 Å². The van der Waals surface area contributed by atoms with Gasteiger partial charge in [0.05, 0.1) is 11.7 Å². The van der Waals surface area contributed by atoms with Gasteiger partial charge in [-0.05, 0) is 30.7 Å². The van der Waals surface area contributed by atoms with Gasteiger partial charge in [-0.15, -0.1) is 0 Å². The van der Waals surface area contributed by atoms with E-state index in [4.69, 9.17) is 0 Å². The fourth-order valence-electron chi connectivity index (χ4n) is 3.19. The number of benzene rings is 1. The van der Waals surface area contributed by atoms with Crippen molar-refractivity contribution in [1.82, 2.24) is 29.7 Å². The van der Waals surface area contributed by atoms with E-state index in [9.17, 15) is 14.0 Å². The minimum absolute atomic E-state index is 0.244. The standard InChI is InChI=1S/C20H19FN6O2/c1-12-9-18-22-15(11-19(28)27(18)24-12)10-17(13-3-5-14(21)6-4-13)23-20(29)16-7-8-26(2)25-16/h3-9,11,17,24H,10H2,1-2H3,(H,23,29). The minimum Gasteiger partial charge on any atom is -0.343 e. The number of halogens is 1. The number of aromatic nitrogens is 5. The number of aromatic amines is 1. The van der Waals surface area contributed by atoms with Crippen LogP contribution in [0.3, 0.4) is 0 Å². The summed E-state index contributed by atoms with van der Waals surface area (Å²) in [6.45, 7) is 1.84. The molecule has 0 aliphatic rings. The molecule has 148 valence electrons. The fraction of sp³-hybridized carbons (Fsp3) is 0.200. The Morgan fingerprint density at radius 2 is 2.00 bits per heavy atom. The number of aryl methyl sites for hydroxylation is 2. The Kier molecular flexibility index (Phi) is 4.71. The molecule has 1 aromatic carbocycles. The molecule has 0 saturated carbocycles. The largest absolute Gasteiger partial charge is 0.343 e. The lowest BCUT2D eigenvalue weighted by Gasteiger charge is -2.18. The SMILES string of the molecule is Cc1cc2nc(CC(NC(=O)c3ccn(C)n3)c3ccc(F)cc3)cc(=O)n2[nH]1. The van der Waals surface area contributed by atoms with Gasteiger partial charge in [0, 0.05) is 37.5 Å². The summed E-state index contributed by atoms with van der Waals surface area (Å²) in [5.41, 5.74) is 2.55. The van der Waals surface area contributed by atoms with Gasteiger partial charge in [-0.2, -0.15) is 5.10 Å². The number of nitrogens with zero attached hydrogens (tertiary/aromatic N) is 4. The lowest BCUT2D eigenvalue weighted by atomic mass is 10.0. The molecular formula is C20H19FN6O2. The fourth-order valence-corrected chi connectivity index (χ4v) is 3.19. The van der Waals surface area contributed by atoms with Crippen LogP contribution in [0.2, 0.25) is 0 Å². The zero-order chi connectivity index (χ0) is 20.5. The summed E-state index contributed by atoms with van der Waals surface area (Å²) in [5, 5.41) is 9.94. The zero-order valence-corrected chi connectivity index (χ0v) is 15.9. The molecule has 9 heteroatoms. The van der Waals surface area contributed by atoms with Gasteiger partial charge in [0.2, 0.25) is 0 Å². The summed E-state index contributed by atoms with van der Waals surface area (Å²) in [6, 6.07) is 10.1. The van der Waals surface area contributed by atoms with E-state index in [0.29, 0.717) is 16.9 Å². The normalized spacial score (nSPS) is 12.2. The number of carbonyl (C=O) groups is 1. The van der Waals surface area contributed by atoms with Crippen molar-refractivity contribution in [2.75, 3.05) is 0 Å². The van der Waals surface area contributed by atoms with Crippen LogP contribution in [0.5, 0.6) is 0 Å². The molecule has 2 N–H and O–H groups in total. The Labute approximate surface area is 165 Å². The van der Waals surface area contributed by atoms with Crippen LogP contribution < -0.4 is 10.9 Å². The average Bonchev–Trinajstić information content (AvgIpc) is 3.27. The highest BCUT2D eigenvalue weighted by Gasteiger charge is 2.19. The Balaban J connectivity index is 1.67. The molecule has 1 unspecified atom stereocenters. The van der Waals surface area contributed by atoms with Crippen LogP contribution in [-0.2, 0) is 13.5 Å². The number of carbonyl (C=O) groups excluding carboxylic acids is 1. The third-order valence-corrected chi connectivity index (χ3v) is 4.57. The predicted octanol–water partition coefficient (Wildman–Crippen LogP) is 1.92. The zero-order valence-electron chi connectivity index (χ0n) is 15.9. The van der Waals surface area contributed by atoms with E-state index < -0.39 is 6.04 Å². The molecule has 1 atom stereocenters. The lowest BCUT2D eigenvalue weighted by molar-refractivity contribution is 0.0930. The molecule has 4 aromatic rings. The van der Waals surface area contributed by atoms with Crippen molar-refractivity contribution >= 4 is 11.6 Å². The highest BCUT2D eigenvalue weighted by Crippen LogP contribution is 2.19. The van der Waals surface area contributed by atoms with E-state index in [2.05, 4.69) is 20.5 Å². The summed E-state index contributed by atoms with van der Waals surface area (Å²) < 4.78 is 16.3. The monoisotopic (exact) mass is 394 g/mol. The Bertz CT molecular complexity index is 1240. The molecule has 0 aliphatic heterocycles. The molecule has 0 spiro atoms. The molecule has 1 amide bonds. The molecule has 3 heterocycles. The van der Waals surface area contributed by atoms with Crippen LogP contribution in [0.4, 0.5) is 4.39 Å². The first-order valence-corrected chi connectivity index (χ1v) is 9.03. The first kappa shape index (κ1) is 18.6. The summed E-state index contributed by atoms with van der Waals surface area (Å²) >= 11 is 0. The Hall–Kier alpha value is -3.75. The number of H-pyrrole nitrogens is 1. The highest BCUT2D eigenvalue weighted by molar-refractivity contribution is 5.92. The maximum Gasteiger partial charge on any atom is 0.272 e. The van der Waals surface area contributed by atoms with Crippen molar-refractivity contribution in [2.45, 2.75) is 19.4 Å². The topological polar surface area (TPSA) is 97.1 Å². The summed E-state index contributed by atoms with van der Waals surface area (Å²) in [4.78, 5) is 29.5. The van der Waals surface area contributed by atoms with Crippen LogP contribution in [-0.4, -0.2) is 30.3 Å². The smallest absolute Gasteiger partial charge is 0.272 e. The molecule has 0 aliphatic carbocycles. The quantitative estimate of drug-likeness (QED) is 0.540. The van der Waals surface area contributed by atoms with Crippen LogP contribution in [0, 0.1) is 12.7 Å². The number of amides is 1. The molecule has 0 saturated heterocycles. The summed E-state index contributed by atoms with van der Waals surface area (Å²) in [6.07, 6.45) is 1.94. The van der Waals surface area contributed by atoms with Crippen molar-refractivity contribution < 1.29 is 9.18 Å². The average molecular weight is 394 g/mol. The third kappa shape index (κ3) is 3.93. The van der Waals surface area contributed by atoms with E-state index in [-0.39, 0.29) is 29.4 Å². The van der Waals surface area contributed by atoms with Crippen molar-refractivity contribution in [3.8, 4) is 0 Å². The van der Waals surface area contributed by atoms with Crippen molar-refractivity contribution in [3.05, 3.63) is 87.5 Å². The van der Waals surface area contributed by atoms with Crippen LogP contribution in [0.25, 0.3) is 5.65 Å². The second kappa shape index (κ2) is 7.34. The maximum absolute atomic E-state index is 13.4. The molecule has 4 rings (SSSR count).